The molecule has 0 fully saturated rings. The summed E-state index contributed by atoms with van der Waals surface area (Å²) in [5, 5.41) is 0. The van der Waals surface area contributed by atoms with Crippen LogP contribution in [0.2, 0.25) is 0 Å². The minimum Gasteiger partial charge on any atom is -0.384 e. The minimum atomic E-state index is -4.40. The molecule has 12 heavy (non-hydrogen) atoms. The fraction of sp³-hybridized carbons (Fsp3) is 0.286. The van der Waals surface area contributed by atoms with Gasteiger partial charge in [-0.1, -0.05) is 0 Å². The van der Waals surface area contributed by atoms with Gasteiger partial charge in [0.25, 0.3) is 0 Å². The fourth-order valence-electron chi connectivity index (χ4n) is 0.785. The molecule has 65 valence electrons. The van der Waals surface area contributed by atoms with Crippen molar-refractivity contribution in [1.29, 1.82) is 0 Å². The molecule has 1 aromatic heterocycles. The van der Waals surface area contributed by atoms with Gasteiger partial charge in [0.15, 0.2) is 0 Å². The van der Waals surface area contributed by atoms with Crippen LogP contribution in [-0.2, 0) is 6.18 Å². The Hall–Kier alpha value is -1.26. The summed E-state index contributed by atoms with van der Waals surface area (Å²) in [6, 6.07) is 2.83. The summed E-state index contributed by atoms with van der Waals surface area (Å²) in [7, 11) is 0. The van der Waals surface area contributed by atoms with E-state index in [1.54, 1.807) is 0 Å². The Morgan fingerprint density at radius 2 is 2.08 bits per heavy atom. The molecular weight excluding hydrogens is 169 g/mol. The summed E-state index contributed by atoms with van der Waals surface area (Å²) in [5.74, 6) is -0.140. The Labute approximate surface area is 67.2 Å². The number of halogens is 3. The van der Waals surface area contributed by atoms with Gasteiger partial charge in [-0.3, -0.25) is 0 Å². The Morgan fingerprint density at radius 1 is 1.50 bits per heavy atom. The molecule has 0 aliphatic heterocycles. The average molecular weight is 175 g/mol. The Balaban J connectivity index is 3.18. The summed E-state index contributed by atoms with van der Waals surface area (Å²) in [6.07, 6.45) is -4.40. The second kappa shape index (κ2) is 2.66. The molecule has 0 aliphatic carbocycles. The zero-order valence-corrected chi connectivity index (χ0v) is 6.24. The number of hydrogen-bond donors (Lipinski definition) is 1. The summed E-state index contributed by atoms with van der Waals surface area (Å²) >= 11 is 0. The first-order valence-electron chi connectivity index (χ1n) is 3.13. The van der Waals surface area contributed by atoms with Crippen LogP contribution in [0.5, 0.6) is 0 Å². The van der Waals surface area contributed by atoms with Gasteiger partial charge in [0.1, 0.15) is 5.82 Å². The third-order valence-corrected chi connectivity index (χ3v) is 1.21. The van der Waals surface area contributed by atoms with E-state index in [1.807, 2.05) is 0 Å². The molecule has 0 spiro atoms. The summed E-state index contributed by atoms with van der Waals surface area (Å²) in [5.41, 5.74) is 4.38. The maximum Gasteiger partial charge on any atom is 0.417 e. The second-order valence-corrected chi connectivity index (χ2v) is 2.30. The third kappa shape index (κ3) is 1.87. The van der Waals surface area contributed by atoms with Crippen molar-refractivity contribution < 1.29 is 13.2 Å². The Morgan fingerprint density at radius 3 is 2.50 bits per heavy atom. The maximum absolute atomic E-state index is 12.0. The van der Waals surface area contributed by atoms with Gasteiger partial charge < -0.3 is 5.73 Å². The Kier molecular flexibility index (Phi) is 1.95. The predicted octanol–water partition coefficient (Wildman–Crippen LogP) is 1.79. The number of anilines is 1. The lowest BCUT2D eigenvalue weighted by atomic mass is 10.2. The minimum absolute atomic E-state index is 0.140. The smallest absolute Gasteiger partial charge is 0.384 e. The van der Waals surface area contributed by atoms with Crippen molar-refractivity contribution in [2.45, 2.75) is 13.1 Å². The van der Waals surface area contributed by atoms with E-state index in [0.29, 0.717) is 0 Å². The standard InChI is InChI=1S/C7H6F3N2/c1-4-2-5(7(8,9)10)3-6(11)12-4/h3H,1H3,(H2,11,12). The Bertz CT molecular complexity index is 273. The van der Waals surface area contributed by atoms with E-state index in [0.717, 1.165) is 6.07 Å². The topological polar surface area (TPSA) is 38.9 Å². The number of rotatable bonds is 0. The van der Waals surface area contributed by atoms with Crippen LogP contribution in [0.1, 0.15) is 11.3 Å². The number of nitrogens with zero attached hydrogens (tertiary/aromatic N) is 1. The molecule has 0 saturated carbocycles. The highest BCUT2D eigenvalue weighted by Gasteiger charge is 2.31. The number of alkyl halides is 3. The molecule has 0 saturated heterocycles. The molecule has 0 atom stereocenters. The lowest BCUT2D eigenvalue weighted by Crippen LogP contribution is -2.07. The number of nitrogens with two attached hydrogens (primary N) is 1. The molecule has 2 N–H and O–H groups in total. The summed E-state index contributed by atoms with van der Waals surface area (Å²) in [6.45, 7) is 1.41. The van der Waals surface area contributed by atoms with E-state index in [1.165, 1.54) is 6.92 Å². The highest BCUT2D eigenvalue weighted by Crippen LogP contribution is 2.29. The van der Waals surface area contributed by atoms with Crippen molar-refractivity contribution in [3.8, 4) is 0 Å². The van der Waals surface area contributed by atoms with Crippen molar-refractivity contribution in [2.75, 3.05) is 5.73 Å². The van der Waals surface area contributed by atoms with Gasteiger partial charge in [0.05, 0.1) is 5.56 Å². The molecule has 1 heterocycles. The number of pyridine rings is 1. The predicted molar refractivity (Wildman–Crippen MR) is 37.2 cm³/mol. The van der Waals surface area contributed by atoms with Gasteiger partial charge in [-0.2, -0.15) is 13.2 Å². The van der Waals surface area contributed by atoms with Gasteiger partial charge >= 0.3 is 6.18 Å². The van der Waals surface area contributed by atoms with E-state index in [4.69, 9.17) is 5.73 Å². The first-order valence-corrected chi connectivity index (χ1v) is 3.13. The van der Waals surface area contributed by atoms with Crippen LogP contribution in [0.4, 0.5) is 19.0 Å². The zero-order valence-electron chi connectivity index (χ0n) is 6.24. The van der Waals surface area contributed by atoms with E-state index in [2.05, 4.69) is 11.1 Å². The average Bonchev–Trinajstić information content (AvgIpc) is 1.82. The number of aromatic nitrogens is 1. The number of hydrogen-bond acceptors (Lipinski definition) is 2. The molecule has 2 nitrogen and oxygen atoms in total. The van der Waals surface area contributed by atoms with E-state index in [9.17, 15) is 13.2 Å². The van der Waals surface area contributed by atoms with Crippen molar-refractivity contribution in [2.24, 2.45) is 0 Å². The van der Waals surface area contributed by atoms with Crippen LogP contribution in [0, 0.1) is 13.0 Å². The molecule has 0 aromatic carbocycles. The van der Waals surface area contributed by atoms with Gasteiger partial charge in [-0.05, 0) is 13.0 Å². The molecule has 1 aromatic rings. The SMILES string of the molecule is Cc1[c]c(C(F)(F)F)cc(N)n1. The second-order valence-electron chi connectivity index (χ2n) is 2.30. The molecule has 1 radical (unpaired) electrons. The summed E-state index contributed by atoms with van der Waals surface area (Å²) in [4.78, 5) is 3.57. The van der Waals surface area contributed by atoms with Crippen LogP contribution < -0.4 is 5.73 Å². The lowest BCUT2D eigenvalue weighted by Gasteiger charge is -2.06. The molecule has 5 heteroatoms. The quantitative estimate of drug-likeness (QED) is 0.652. The van der Waals surface area contributed by atoms with Crippen molar-refractivity contribution >= 4 is 5.82 Å². The van der Waals surface area contributed by atoms with Crippen molar-refractivity contribution in [3.63, 3.8) is 0 Å². The maximum atomic E-state index is 12.0. The normalized spacial score (nSPS) is 11.7. The monoisotopic (exact) mass is 175 g/mol. The van der Waals surface area contributed by atoms with Gasteiger partial charge in [-0.25, -0.2) is 4.98 Å². The highest BCUT2D eigenvalue weighted by molar-refractivity contribution is 5.35. The lowest BCUT2D eigenvalue weighted by molar-refractivity contribution is -0.137. The first kappa shape index (κ1) is 8.83. The van der Waals surface area contributed by atoms with Crippen molar-refractivity contribution in [3.05, 3.63) is 23.4 Å². The van der Waals surface area contributed by atoms with Gasteiger partial charge in [0.2, 0.25) is 0 Å². The first-order chi connectivity index (χ1) is 5.39. The summed E-state index contributed by atoms with van der Waals surface area (Å²) < 4.78 is 36.1. The molecule has 0 aliphatic rings. The van der Waals surface area contributed by atoms with Crippen LogP contribution in [0.15, 0.2) is 6.07 Å². The molecular formula is C7H6F3N2. The fourth-order valence-corrected chi connectivity index (χ4v) is 0.785. The van der Waals surface area contributed by atoms with Crippen LogP contribution in [0.3, 0.4) is 0 Å². The van der Waals surface area contributed by atoms with Crippen LogP contribution in [-0.4, -0.2) is 4.98 Å². The number of nitrogen functional groups attached to an aromatic ring is 1. The van der Waals surface area contributed by atoms with E-state index < -0.39 is 11.7 Å². The van der Waals surface area contributed by atoms with Crippen molar-refractivity contribution in [1.82, 2.24) is 4.98 Å². The van der Waals surface area contributed by atoms with Gasteiger partial charge in [0, 0.05) is 11.8 Å². The third-order valence-electron chi connectivity index (χ3n) is 1.21. The highest BCUT2D eigenvalue weighted by atomic mass is 19.4. The van der Waals surface area contributed by atoms with E-state index >= 15 is 0 Å². The number of aryl methyl sites for hydroxylation is 1. The van der Waals surface area contributed by atoms with Crippen LogP contribution >= 0.6 is 0 Å². The largest absolute Gasteiger partial charge is 0.417 e. The molecule has 1 rings (SSSR count). The zero-order chi connectivity index (χ0) is 9.35. The molecule has 0 amide bonds. The molecule has 0 unspecified atom stereocenters. The van der Waals surface area contributed by atoms with Gasteiger partial charge in [-0.15, -0.1) is 0 Å². The molecule has 0 bridgehead atoms. The van der Waals surface area contributed by atoms with Crippen LogP contribution in [0.25, 0.3) is 0 Å². The van der Waals surface area contributed by atoms with E-state index in [-0.39, 0.29) is 11.5 Å².